The van der Waals surface area contributed by atoms with Crippen LogP contribution in [0.3, 0.4) is 0 Å². The number of aromatic nitrogens is 3. The molecule has 1 unspecified atom stereocenters. The summed E-state index contributed by atoms with van der Waals surface area (Å²) in [5, 5.41) is 10.1. The van der Waals surface area contributed by atoms with Crippen LogP contribution < -0.4 is 10.2 Å². The summed E-state index contributed by atoms with van der Waals surface area (Å²) >= 11 is 0. The minimum Gasteiger partial charge on any atom is -0.377 e. The van der Waals surface area contributed by atoms with Crippen LogP contribution in [0, 0.1) is 6.92 Å². The number of anilines is 3. The normalized spacial score (nSPS) is 21.9. The number of rotatable bonds is 5. The van der Waals surface area contributed by atoms with Crippen molar-refractivity contribution >= 4 is 27.3 Å². The Morgan fingerprint density at radius 2 is 2.19 bits per heavy atom. The molecule has 8 nitrogen and oxygen atoms in total. The third-order valence-corrected chi connectivity index (χ3v) is 7.63. The Bertz CT molecular complexity index is 938. The van der Waals surface area contributed by atoms with Crippen molar-refractivity contribution in [3.8, 4) is 0 Å². The molecule has 0 bridgehead atoms. The summed E-state index contributed by atoms with van der Waals surface area (Å²) in [7, 11) is -3.23. The highest BCUT2D eigenvalue weighted by atomic mass is 32.2. The molecule has 3 heterocycles. The van der Waals surface area contributed by atoms with Crippen LogP contribution in [-0.2, 0) is 19.3 Å². The van der Waals surface area contributed by atoms with Gasteiger partial charge >= 0.3 is 0 Å². The third kappa shape index (κ3) is 3.19. The predicted molar refractivity (Wildman–Crippen MR) is 104 cm³/mol. The number of pyridine rings is 1. The van der Waals surface area contributed by atoms with Gasteiger partial charge in [-0.05, 0) is 43.9 Å². The van der Waals surface area contributed by atoms with Gasteiger partial charge in [-0.1, -0.05) is 0 Å². The monoisotopic (exact) mass is 391 g/mol. The van der Waals surface area contributed by atoms with E-state index in [4.69, 9.17) is 9.72 Å². The van der Waals surface area contributed by atoms with Crippen molar-refractivity contribution in [2.24, 2.45) is 0 Å². The standard InChI is InChI=1S/C18H25N5O3S/c1-12-11-26-9-8-23(12)16-10-14(18(5-6-18)27(3,24)25)13(2)17(21-16)20-15-4-7-19-22-15/h4,7,10,12H,5-6,8-9,11H2,1-3H3,(H2,19,20,21,22). The first-order valence-electron chi connectivity index (χ1n) is 9.14. The van der Waals surface area contributed by atoms with Gasteiger partial charge in [0.15, 0.2) is 9.84 Å². The molecule has 27 heavy (non-hydrogen) atoms. The molecule has 0 amide bonds. The van der Waals surface area contributed by atoms with Crippen LogP contribution >= 0.6 is 0 Å². The smallest absolute Gasteiger partial charge is 0.157 e. The summed E-state index contributed by atoms with van der Waals surface area (Å²) < 4.78 is 29.9. The van der Waals surface area contributed by atoms with E-state index in [-0.39, 0.29) is 6.04 Å². The summed E-state index contributed by atoms with van der Waals surface area (Å²) in [6.45, 7) is 6.01. The zero-order valence-corrected chi connectivity index (χ0v) is 16.6. The molecular weight excluding hydrogens is 366 g/mol. The van der Waals surface area contributed by atoms with E-state index >= 15 is 0 Å². The first kappa shape index (κ1) is 18.2. The highest BCUT2D eigenvalue weighted by Crippen LogP contribution is 2.54. The number of H-pyrrole nitrogens is 1. The van der Waals surface area contributed by atoms with Gasteiger partial charge in [0.1, 0.15) is 17.5 Å². The van der Waals surface area contributed by atoms with Crippen LogP contribution in [0.2, 0.25) is 0 Å². The molecule has 2 aromatic rings. The molecule has 0 radical (unpaired) electrons. The molecule has 2 N–H and O–H groups in total. The van der Waals surface area contributed by atoms with Crippen molar-refractivity contribution in [2.45, 2.75) is 37.5 Å². The molecule has 0 spiro atoms. The van der Waals surface area contributed by atoms with E-state index in [1.165, 1.54) is 6.26 Å². The van der Waals surface area contributed by atoms with Crippen molar-refractivity contribution in [1.82, 2.24) is 15.2 Å². The van der Waals surface area contributed by atoms with Crippen LogP contribution in [0.1, 0.15) is 30.9 Å². The van der Waals surface area contributed by atoms with E-state index in [1.54, 1.807) is 6.20 Å². The molecule has 2 fully saturated rings. The second kappa shape index (κ2) is 6.49. The summed E-state index contributed by atoms with van der Waals surface area (Å²) in [5.41, 5.74) is 1.70. The van der Waals surface area contributed by atoms with E-state index < -0.39 is 14.6 Å². The summed E-state index contributed by atoms with van der Waals surface area (Å²) in [6, 6.07) is 3.95. The van der Waals surface area contributed by atoms with E-state index in [2.05, 4.69) is 27.3 Å². The maximum Gasteiger partial charge on any atom is 0.157 e. The van der Waals surface area contributed by atoms with E-state index in [0.29, 0.717) is 37.7 Å². The lowest BCUT2D eigenvalue weighted by Gasteiger charge is -2.35. The molecule has 146 valence electrons. The molecule has 2 aromatic heterocycles. The Labute approximate surface area is 159 Å². The molecule has 1 saturated carbocycles. The topological polar surface area (TPSA) is 100 Å². The van der Waals surface area contributed by atoms with Crippen molar-refractivity contribution in [3.63, 3.8) is 0 Å². The van der Waals surface area contributed by atoms with Crippen molar-refractivity contribution in [1.29, 1.82) is 0 Å². The van der Waals surface area contributed by atoms with Crippen LogP contribution in [0.15, 0.2) is 18.3 Å². The molecule has 1 atom stereocenters. The van der Waals surface area contributed by atoms with Crippen molar-refractivity contribution in [3.05, 3.63) is 29.5 Å². The zero-order chi connectivity index (χ0) is 19.2. The average Bonchev–Trinajstić information content (AvgIpc) is 3.28. The maximum atomic E-state index is 12.6. The number of hydrogen-bond donors (Lipinski definition) is 2. The largest absolute Gasteiger partial charge is 0.377 e. The predicted octanol–water partition coefficient (Wildman–Crippen LogP) is 2.12. The van der Waals surface area contributed by atoms with Gasteiger partial charge in [0.25, 0.3) is 0 Å². The Morgan fingerprint density at radius 3 is 2.78 bits per heavy atom. The lowest BCUT2D eigenvalue weighted by atomic mass is 10.0. The van der Waals surface area contributed by atoms with Crippen LogP contribution in [0.5, 0.6) is 0 Å². The summed E-state index contributed by atoms with van der Waals surface area (Å²) in [5.74, 6) is 2.15. The Morgan fingerprint density at radius 1 is 1.41 bits per heavy atom. The van der Waals surface area contributed by atoms with Gasteiger partial charge in [0, 0.05) is 18.9 Å². The van der Waals surface area contributed by atoms with Gasteiger partial charge in [-0.3, -0.25) is 5.10 Å². The van der Waals surface area contributed by atoms with Crippen molar-refractivity contribution in [2.75, 3.05) is 36.2 Å². The van der Waals surface area contributed by atoms with Crippen LogP contribution in [-0.4, -0.2) is 55.7 Å². The van der Waals surface area contributed by atoms with E-state index in [9.17, 15) is 8.42 Å². The second-order valence-electron chi connectivity index (χ2n) is 7.48. The highest BCUT2D eigenvalue weighted by Gasteiger charge is 2.54. The van der Waals surface area contributed by atoms with Gasteiger partial charge in [-0.25, -0.2) is 13.4 Å². The Kier molecular flexibility index (Phi) is 4.38. The lowest BCUT2D eigenvalue weighted by molar-refractivity contribution is 0.0985. The number of sulfone groups is 1. The second-order valence-corrected chi connectivity index (χ2v) is 9.81. The Hall–Kier alpha value is -2.13. The van der Waals surface area contributed by atoms with E-state index in [0.717, 1.165) is 23.5 Å². The number of nitrogens with one attached hydrogen (secondary N) is 2. The highest BCUT2D eigenvalue weighted by molar-refractivity contribution is 7.92. The van der Waals surface area contributed by atoms with Gasteiger partial charge in [-0.15, -0.1) is 0 Å². The van der Waals surface area contributed by atoms with Crippen LogP contribution in [0.4, 0.5) is 17.5 Å². The SMILES string of the molecule is Cc1c(C2(S(C)(=O)=O)CC2)cc(N2CCOCC2C)nc1Nc1ccn[nH]1. The minimum atomic E-state index is -3.23. The number of aromatic amines is 1. The number of nitrogens with zero attached hydrogens (tertiary/aromatic N) is 3. The fraction of sp³-hybridized carbons (Fsp3) is 0.556. The minimum absolute atomic E-state index is 0.176. The number of hydrogen-bond acceptors (Lipinski definition) is 7. The zero-order valence-electron chi connectivity index (χ0n) is 15.8. The molecule has 0 aromatic carbocycles. The van der Waals surface area contributed by atoms with Gasteiger partial charge < -0.3 is 15.0 Å². The average molecular weight is 391 g/mol. The third-order valence-electron chi connectivity index (χ3n) is 5.58. The van der Waals surface area contributed by atoms with Crippen molar-refractivity contribution < 1.29 is 13.2 Å². The van der Waals surface area contributed by atoms with Gasteiger partial charge in [-0.2, -0.15) is 5.10 Å². The molecular formula is C18H25N5O3S. The first-order chi connectivity index (χ1) is 12.8. The maximum absolute atomic E-state index is 12.6. The first-order valence-corrected chi connectivity index (χ1v) is 11.0. The summed E-state index contributed by atoms with van der Waals surface area (Å²) in [4.78, 5) is 7.01. The molecule has 4 rings (SSSR count). The Balaban J connectivity index is 1.83. The summed E-state index contributed by atoms with van der Waals surface area (Å²) in [6.07, 6.45) is 4.29. The van der Waals surface area contributed by atoms with Gasteiger partial charge in [0.2, 0.25) is 0 Å². The van der Waals surface area contributed by atoms with Crippen LogP contribution in [0.25, 0.3) is 0 Å². The van der Waals surface area contributed by atoms with Gasteiger partial charge in [0.05, 0.1) is 30.2 Å². The number of ether oxygens (including phenoxy) is 1. The fourth-order valence-electron chi connectivity index (χ4n) is 3.81. The fourth-order valence-corrected chi connectivity index (χ4v) is 5.27. The van der Waals surface area contributed by atoms with E-state index in [1.807, 2.05) is 19.1 Å². The quantitative estimate of drug-likeness (QED) is 0.805. The molecule has 9 heteroatoms. The molecule has 1 aliphatic heterocycles. The number of morpholine rings is 1. The molecule has 2 aliphatic rings. The molecule has 1 aliphatic carbocycles. The molecule has 1 saturated heterocycles. The lowest BCUT2D eigenvalue weighted by Crippen LogP contribution is -2.44.